The van der Waals surface area contributed by atoms with Crippen molar-refractivity contribution >= 4 is 33.9 Å². The van der Waals surface area contributed by atoms with Gasteiger partial charge in [-0.2, -0.15) is 5.26 Å². The van der Waals surface area contributed by atoms with E-state index in [4.69, 9.17) is 5.26 Å². The Kier molecular flexibility index (Phi) is 4.77. The fourth-order valence-corrected chi connectivity index (χ4v) is 3.05. The second-order valence-corrected chi connectivity index (χ2v) is 6.45. The molecule has 0 saturated heterocycles. The molecule has 4 nitrogen and oxygen atoms in total. The zero-order valence-corrected chi connectivity index (χ0v) is 12.4. The maximum atomic E-state index is 8.73. The summed E-state index contributed by atoms with van der Waals surface area (Å²) in [5.41, 5.74) is 2.23. The largest absolute Gasteiger partial charge is 0.330 e. The van der Waals surface area contributed by atoms with E-state index in [-0.39, 0.29) is 5.92 Å². The highest BCUT2D eigenvalue weighted by Gasteiger charge is 2.07. The first-order valence-corrected chi connectivity index (χ1v) is 7.67. The van der Waals surface area contributed by atoms with Gasteiger partial charge in [-0.1, -0.05) is 40.8 Å². The Labute approximate surface area is 120 Å². The van der Waals surface area contributed by atoms with Crippen LogP contribution in [0.5, 0.6) is 0 Å². The average molecular weight is 290 g/mol. The summed E-state index contributed by atoms with van der Waals surface area (Å²) in [5, 5.41) is 20.9. The van der Waals surface area contributed by atoms with Crippen LogP contribution in [-0.2, 0) is 0 Å². The van der Waals surface area contributed by atoms with E-state index in [0.717, 1.165) is 20.9 Å². The smallest absolute Gasteiger partial charge is 0.210 e. The van der Waals surface area contributed by atoms with Crippen LogP contribution in [-0.4, -0.2) is 16.0 Å². The van der Waals surface area contributed by atoms with E-state index in [9.17, 15) is 0 Å². The van der Waals surface area contributed by atoms with Crippen LogP contribution in [0, 0.1) is 24.2 Å². The number of hydrogen-bond acceptors (Lipinski definition) is 6. The van der Waals surface area contributed by atoms with E-state index in [2.05, 4.69) is 28.5 Å². The molecule has 2 aromatic rings. The normalized spacial score (nSPS) is 11.8. The summed E-state index contributed by atoms with van der Waals surface area (Å²) in [6.07, 6.45) is 0. The maximum absolute atomic E-state index is 8.73. The van der Waals surface area contributed by atoms with E-state index < -0.39 is 0 Å². The summed E-state index contributed by atoms with van der Waals surface area (Å²) in [4.78, 5) is 0. The van der Waals surface area contributed by atoms with Gasteiger partial charge in [-0.25, -0.2) is 0 Å². The SMILES string of the molecule is Cc1ccc(Nc2nnc(SC[C@H](C)C#N)s2)cc1. The second kappa shape index (κ2) is 6.55. The first kappa shape index (κ1) is 13.8. The Balaban J connectivity index is 1.94. The number of nitrogens with zero attached hydrogens (tertiary/aromatic N) is 3. The molecule has 1 aromatic carbocycles. The Bertz CT molecular complexity index is 571. The molecular formula is C13H14N4S2. The Morgan fingerprint density at radius 1 is 1.37 bits per heavy atom. The number of thioether (sulfide) groups is 1. The van der Waals surface area contributed by atoms with Crippen LogP contribution < -0.4 is 5.32 Å². The van der Waals surface area contributed by atoms with Crippen molar-refractivity contribution in [3.63, 3.8) is 0 Å². The van der Waals surface area contributed by atoms with Gasteiger partial charge in [0.1, 0.15) is 0 Å². The molecule has 0 bridgehead atoms. The first-order chi connectivity index (χ1) is 9.17. The van der Waals surface area contributed by atoms with Gasteiger partial charge < -0.3 is 5.32 Å². The quantitative estimate of drug-likeness (QED) is 0.848. The predicted octanol–water partition coefficient (Wildman–Crippen LogP) is 3.84. The number of hydrogen-bond donors (Lipinski definition) is 1. The van der Waals surface area contributed by atoms with Gasteiger partial charge in [-0.3, -0.25) is 0 Å². The molecule has 0 aliphatic rings. The number of aromatic nitrogens is 2. The van der Waals surface area contributed by atoms with Gasteiger partial charge in [0.2, 0.25) is 5.13 Å². The molecule has 0 spiro atoms. The van der Waals surface area contributed by atoms with Gasteiger partial charge in [-0.05, 0) is 26.0 Å². The van der Waals surface area contributed by atoms with Gasteiger partial charge in [-0.15, -0.1) is 10.2 Å². The first-order valence-electron chi connectivity index (χ1n) is 5.87. The minimum atomic E-state index is 0.0300. The lowest BCUT2D eigenvalue weighted by molar-refractivity contribution is 0.862. The van der Waals surface area contributed by atoms with Gasteiger partial charge in [0.05, 0.1) is 12.0 Å². The highest BCUT2D eigenvalue weighted by atomic mass is 32.2. The molecule has 1 heterocycles. The molecule has 0 amide bonds. The van der Waals surface area contributed by atoms with Gasteiger partial charge in [0, 0.05) is 11.4 Å². The van der Waals surface area contributed by atoms with Gasteiger partial charge in [0.25, 0.3) is 0 Å². The topological polar surface area (TPSA) is 61.6 Å². The fraction of sp³-hybridized carbons (Fsp3) is 0.308. The molecule has 0 radical (unpaired) electrons. The summed E-state index contributed by atoms with van der Waals surface area (Å²) in [6.45, 7) is 3.96. The molecule has 0 fully saturated rings. The molecule has 6 heteroatoms. The van der Waals surface area contributed by atoms with E-state index >= 15 is 0 Å². The average Bonchev–Trinajstić information content (AvgIpc) is 2.86. The number of benzene rings is 1. The molecule has 1 N–H and O–H groups in total. The molecule has 98 valence electrons. The van der Waals surface area contributed by atoms with Crippen LogP contribution in [0.25, 0.3) is 0 Å². The van der Waals surface area contributed by atoms with E-state index in [0.29, 0.717) is 0 Å². The van der Waals surface area contributed by atoms with Crippen molar-refractivity contribution in [1.29, 1.82) is 5.26 Å². The second-order valence-electron chi connectivity index (χ2n) is 4.21. The Morgan fingerprint density at radius 2 is 2.11 bits per heavy atom. The lowest BCUT2D eigenvalue weighted by Gasteiger charge is -2.01. The lowest BCUT2D eigenvalue weighted by Crippen LogP contribution is -1.92. The van der Waals surface area contributed by atoms with Gasteiger partial charge >= 0.3 is 0 Å². The zero-order valence-electron chi connectivity index (χ0n) is 10.8. The molecule has 0 aliphatic carbocycles. The van der Waals surface area contributed by atoms with Crippen molar-refractivity contribution < 1.29 is 0 Å². The van der Waals surface area contributed by atoms with Crippen molar-refractivity contribution in [1.82, 2.24) is 10.2 Å². The lowest BCUT2D eigenvalue weighted by atomic mass is 10.2. The Hall–Kier alpha value is -1.58. The molecule has 1 atom stereocenters. The van der Waals surface area contributed by atoms with E-state index in [1.165, 1.54) is 16.9 Å². The molecule has 1 aromatic heterocycles. The van der Waals surface area contributed by atoms with E-state index in [1.807, 2.05) is 31.2 Å². The standard InChI is InChI=1S/C13H14N4S2/c1-9-3-5-11(6-4-9)15-12-16-17-13(19-12)18-8-10(2)7-14/h3-6,10H,8H2,1-2H3,(H,15,16)/t10-/m1/s1. The van der Waals surface area contributed by atoms with Crippen molar-refractivity contribution in [2.45, 2.75) is 18.2 Å². The molecule has 0 unspecified atom stereocenters. The van der Waals surface area contributed by atoms with Crippen molar-refractivity contribution in [2.75, 3.05) is 11.1 Å². The fourth-order valence-electron chi connectivity index (χ4n) is 1.31. The summed E-state index contributed by atoms with van der Waals surface area (Å²) < 4.78 is 0.886. The number of rotatable bonds is 5. The van der Waals surface area contributed by atoms with Crippen LogP contribution in [0.2, 0.25) is 0 Å². The summed E-state index contributed by atoms with van der Waals surface area (Å²) in [7, 11) is 0. The third-order valence-electron chi connectivity index (χ3n) is 2.39. The minimum Gasteiger partial charge on any atom is -0.330 e. The summed E-state index contributed by atoms with van der Waals surface area (Å²) in [5.74, 6) is 0.776. The highest BCUT2D eigenvalue weighted by Crippen LogP contribution is 2.28. The van der Waals surface area contributed by atoms with Crippen molar-refractivity contribution in [3.8, 4) is 6.07 Å². The highest BCUT2D eigenvalue weighted by molar-refractivity contribution is 8.01. The van der Waals surface area contributed by atoms with Crippen molar-refractivity contribution in [2.24, 2.45) is 5.92 Å². The third kappa shape index (κ3) is 4.23. The summed E-state index contributed by atoms with van der Waals surface area (Å²) >= 11 is 3.07. The monoisotopic (exact) mass is 290 g/mol. The van der Waals surface area contributed by atoms with E-state index in [1.54, 1.807) is 11.8 Å². The van der Waals surface area contributed by atoms with Crippen LogP contribution >= 0.6 is 23.1 Å². The third-order valence-corrected chi connectivity index (χ3v) is 4.62. The molecule has 19 heavy (non-hydrogen) atoms. The predicted molar refractivity (Wildman–Crippen MR) is 79.9 cm³/mol. The molecule has 0 saturated carbocycles. The minimum absolute atomic E-state index is 0.0300. The van der Waals surface area contributed by atoms with Crippen molar-refractivity contribution in [3.05, 3.63) is 29.8 Å². The molecular weight excluding hydrogens is 276 g/mol. The Morgan fingerprint density at radius 3 is 2.79 bits per heavy atom. The van der Waals surface area contributed by atoms with Crippen LogP contribution in [0.4, 0.5) is 10.8 Å². The number of nitrogens with one attached hydrogen (secondary N) is 1. The number of aryl methyl sites for hydroxylation is 1. The molecule has 2 rings (SSSR count). The summed E-state index contributed by atoms with van der Waals surface area (Å²) in [6, 6.07) is 10.3. The maximum Gasteiger partial charge on any atom is 0.210 e. The van der Waals surface area contributed by atoms with Crippen LogP contribution in [0.1, 0.15) is 12.5 Å². The molecule has 0 aliphatic heterocycles. The number of anilines is 2. The zero-order chi connectivity index (χ0) is 13.7. The van der Waals surface area contributed by atoms with Crippen LogP contribution in [0.3, 0.4) is 0 Å². The van der Waals surface area contributed by atoms with Crippen LogP contribution in [0.15, 0.2) is 28.6 Å². The number of nitriles is 1. The van der Waals surface area contributed by atoms with Gasteiger partial charge in [0.15, 0.2) is 4.34 Å².